The number of hydrogen-bond donors (Lipinski definition) is 0. The van der Waals surface area contributed by atoms with E-state index in [1.54, 1.807) is 0 Å². The van der Waals surface area contributed by atoms with Crippen molar-refractivity contribution >= 4 is 13.9 Å². The molecule has 196 valence electrons. The SMILES string of the molecule is CC(C)[Si](C)(C)CCCCC(=O)[C@H]1OCCOCCO[C@H](C)[C@@H](C)OCCOCCO[C@@H]1C. The van der Waals surface area contributed by atoms with Gasteiger partial charge in [-0.25, -0.2) is 0 Å². The van der Waals surface area contributed by atoms with Crippen LogP contribution in [0.15, 0.2) is 0 Å². The minimum Gasteiger partial charge on any atom is -0.377 e. The highest BCUT2D eigenvalue weighted by Gasteiger charge is 2.27. The Kier molecular flexibility index (Phi) is 15.9. The van der Waals surface area contributed by atoms with Crippen LogP contribution >= 0.6 is 0 Å². The summed E-state index contributed by atoms with van der Waals surface area (Å²) in [5.41, 5.74) is 0.762. The van der Waals surface area contributed by atoms with Crippen molar-refractivity contribution in [3.05, 3.63) is 0 Å². The van der Waals surface area contributed by atoms with E-state index in [-0.39, 0.29) is 24.1 Å². The normalized spacial score (nSPS) is 28.2. The van der Waals surface area contributed by atoms with E-state index in [1.165, 1.54) is 6.04 Å². The summed E-state index contributed by atoms with van der Waals surface area (Å²) in [4.78, 5) is 13.0. The fourth-order valence-electron chi connectivity index (χ4n) is 3.48. The van der Waals surface area contributed by atoms with Crippen molar-refractivity contribution in [1.29, 1.82) is 0 Å². The van der Waals surface area contributed by atoms with Gasteiger partial charge in [0.15, 0.2) is 5.78 Å². The molecule has 4 atom stereocenters. The number of carbonyl (C=O) groups excluding carboxylic acids is 1. The summed E-state index contributed by atoms with van der Waals surface area (Å²) in [6.07, 6.45) is 1.58. The van der Waals surface area contributed by atoms with Gasteiger partial charge in [0.1, 0.15) is 6.10 Å². The van der Waals surface area contributed by atoms with E-state index in [4.69, 9.17) is 28.4 Å². The second kappa shape index (κ2) is 17.1. The van der Waals surface area contributed by atoms with Gasteiger partial charge >= 0.3 is 0 Å². The second-order valence-electron chi connectivity index (χ2n) is 10.1. The lowest BCUT2D eigenvalue weighted by molar-refractivity contribution is -0.145. The number of Topliss-reactive ketones (excluding diaryl/α,β-unsaturated/α-hetero) is 1. The van der Waals surface area contributed by atoms with Gasteiger partial charge in [0.05, 0.1) is 71.2 Å². The summed E-state index contributed by atoms with van der Waals surface area (Å²) >= 11 is 0. The average Bonchev–Trinajstić information content (AvgIpc) is 2.76. The third-order valence-electron chi connectivity index (χ3n) is 6.81. The van der Waals surface area contributed by atoms with Crippen molar-refractivity contribution < 1.29 is 33.2 Å². The highest BCUT2D eigenvalue weighted by molar-refractivity contribution is 6.78. The molecule has 33 heavy (non-hydrogen) atoms. The summed E-state index contributed by atoms with van der Waals surface area (Å²) in [7, 11) is -1.19. The third kappa shape index (κ3) is 13.3. The first kappa shape index (κ1) is 30.7. The van der Waals surface area contributed by atoms with Gasteiger partial charge in [-0.2, -0.15) is 0 Å². The van der Waals surface area contributed by atoms with E-state index in [1.807, 2.05) is 20.8 Å². The molecule has 0 unspecified atom stereocenters. The van der Waals surface area contributed by atoms with Crippen LogP contribution in [0.25, 0.3) is 0 Å². The molecular weight excluding hydrogens is 440 g/mol. The number of ether oxygens (including phenoxy) is 6. The maximum Gasteiger partial charge on any atom is 0.164 e. The molecule has 0 amide bonds. The predicted octanol–water partition coefficient (Wildman–Crippen LogP) is 4.49. The molecule has 0 radical (unpaired) electrons. The quantitative estimate of drug-likeness (QED) is 0.384. The Hall–Kier alpha value is -0.353. The van der Waals surface area contributed by atoms with E-state index in [9.17, 15) is 4.79 Å². The molecule has 7 nitrogen and oxygen atoms in total. The molecule has 1 fully saturated rings. The minimum atomic E-state index is -1.19. The zero-order valence-corrected chi connectivity index (χ0v) is 23.2. The maximum absolute atomic E-state index is 13.0. The molecule has 0 aromatic rings. The summed E-state index contributed by atoms with van der Waals surface area (Å²) < 4.78 is 34.6. The van der Waals surface area contributed by atoms with Gasteiger partial charge in [-0.15, -0.1) is 0 Å². The summed E-state index contributed by atoms with van der Waals surface area (Å²) in [6.45, 7) is 19.0. The molecule has 1 aliphatic rings. The van der Waals surface area contributed by atoms with E-state index in [0.717, 1.165) is 18.4 Å². The average molecular weight is 491 g/mol. The van der Waals surface area contributed by atoms with Crippen LogP contribution in [0.2, 0.25) is 24.7 Å². The van der Waals surface area contributed by atoms with Gasteiger partial charge in [0.2, 0.25) is 0 Å². The standard InChI is InChI=1S/C25H50O7Si/c1-20(2)33(6,7)19-9-8-10-24(26)25-23(5)31-17-13-27-11-15-29-21(3)22(4)30-16-12-28-14-18-32-25/h20-23,25H,8-19H2,1-7H3/t21-,22-,23-,25+/m1/s1. The Labute approximate surface area is 203 Å². The van der Waals surface area contributed by atoms with Crippen LogP contribution in [0.5, 0.6) is 0 Å². The fourth-order valence-corrected chi connectivity index (χ4v) is 5.21. The lowest BCUT2D eigenvalue weighted by Gasteiger charge is -2.27. The first-order valence-electron chi connectivity index (χ1n) is 12.8. The Morgan fingerprint density at radius 3 is 1.67 bits per heavy atom. The topological polar surface area (TPSA) is 72.5 Å². The van der Waals surface area contributed by atoms with E-state index >= 15 is 0 Å². The van der Waals surface area contributed by atoms with E-state index in [2.05, 4.69) is 26.9 Å². The van der Waals surface area contributed by atoms with Crippen LogP contribution in [-0.2, 0) is 33.2 Å². The third-order valence-corrected chi connectivity index (χ3v) is 11.6. The lowest BCUT2D eigenvalue weighted by atomic mass is 10.1. The monoisotopic (exact) mass is 490 g/mol. The summed E-state index contributed by atoms with van der Waals surface area (Å²) in [6, 6.07) is 1.25. The predicted molar refractivity (Wildman–Crippen MR) is 134 cm³/mol. The lowest BCUT2D eigenvalue weighted by Crippen LogP contribution is -2.38. The molecular formula is C25H50O7Si. The van der Waals surface area contributed by atoms with Crippen LogP contribution in [0.4, 0.5) is 0 Å². The Morgan fingerprint density at radius 2 is 1.18 bits per heavy atom. The van der Waals surface area contributed by atoms with Gasteiger partial charge < -0.3 is 28.4 Å². The van der Waals surface area contributed by atoms with Crippen molar-refractivity contribution in [2.45, 2.75) is 103 Å². The van der Waals surface area contributed by atoms with Gasteiger partial charge in [0, 0.05) is 14.5 Å². The van der Waals surface area contributed by atoms with Crippen LogP contribution in [0.1, 0.15) is 53.9 Å². The maximum atomic E-state index is 13.0. The number of ketones is 1. The molecule has 1 saturated heterocycles. The Balaban J connectivity index is 2.53. The van der Waals surface area contributed by atoms with Crippen molar-refractivity contribution in [2.24, 2.45) is 0 Å². The molecule has 0 spiro atoms. The first-order valence-corrected chi connectivity index (χ1v) is 16.1. The molecule has 1 rings (SSSR count). The molecule has 0 aromatic carbocycles. The molecule has 0 saturated carbocycles. The number of unbranched alkanes of at least 4 members (excludes halogenated alkanes) is 1. The Bertz CT molecular complexity index is 515. The summed E-state index contributed by atoms with van der Waals surface area (Å²) in [5, 5.41) is 0. The fraction of sp³-hybridized carbons (Fsp3) is 0.960. The molecule has 1 heterocycles. The highest BCUT2D eigenvalue weighted by atomic mass is 28.3. The van der Waals surface area contributed by atoms with Crippen molar-refractivity contribution in [2.75, 3.05) is 52.9 Å². The zero-order chi connectivity index (χ0) is 24.7. The van der Waals surface area contributed by atoms with Gasteiger partial charge in [-0.3, -0.25) is 4.79 Å². The first-order chi connectivity index (χ1) is 15.6. The molecule has 0 aliphatic carbocycles. The van der Waals surface area contributed by atoms with Crippen LogP contribution in [-0.4, -0.2) is 91.1 Å². The second-order valence-corrected chi connectivity index (χ2v) is 15.7. The molecule has 0 bridgehead atoms. The van der Waals surface area contributed by atoms with Gasteiger partial charge in [-0.05, 0) is 27.2 Å². The molecule has 8 heteroatoms. The molecule has 0 N–H and O–H groups in total. The van der Waals surface area contributed by atoms with Crippen LogP contribution in [0, 0.1) is 0 Å². The number of carbonyl (C=O) groups is 1. The molecule has 0 aromatic heterocycles. The van der Waals surface area contributed by atoms with Gasteiger partial charge in [-0.1, -0.05) is 44.9 Å². The van der Waals surface area contributed by atoms with E-state index in [0.29, 0.717) is 59.3 Å². The number of hydrogen-bond acceptors (Lipinski definition) is 7. The van der Waals surface area contributed by atoms with Crippen molar-refractivity contribution in [3.8, 4) is 0 Å². The number of rotatable bonds is 7. The van der Waals surface area contributed by atoms with Gasteiger partial charge in [0.25, 0.3) is 0 Å². The van der Waals surface area contributed by atoms with Crippen molar-refractivity contribution in [3.63, 3.8) is 0 Å². The zero-order valence-electron chi connectivity index (χ0n) is 22.2. The molecule has 1 aliphatic heterocycles. The van der Waals surface area contributed by atoms with Crippen molar-refractivity contribution in [1.82, 2.24) is 0 Å². The Morgan fingerprint density at radius 1 is 0.727 bits per heavy atom. The highest BCUT2D eigenvalue weighted by Crippen LogP contribution is 2.27. The largest absolute Gasteiger partial charge is 0.377 e. The summed E-state index contributed by atoms with van der Waals surface area (Å²) in [5.74, 6) is 0.112. The van der Waals surface area contributed by atoms with Crippen LogP contribution < -0.4 is 0 Å². The van der Waals surface area contributed by atoms with Crippen LogP contribution in [0.3, 0.4) is 0 Å². The smallest absolute Gasteiger partial charge is 0.164 e. The van der Waals surface area contributed by atoms with E-state index < -0.39 is 14.2 Å². The minimum absolute atomic E-state index is 0.0161.